The van der Waals surface area contributed by atoms with Crippen LogP contribution in [0, 0.1) is 0 Å². The summed E-state index contributed by atoms with van der Waals surface area (Å²) >= 11 is 0. The molecule has 0 aliphatic heterocycles. The van der Waals surface area contributed by atoms with E-state index in [1.54, 1.807) is 12.1 Å². The molecular formula is C9H14N4O3S. The zero-order chi connectivity index (χ0) is 12.9. The molecule has 0 atom stereocenters. The van der Waals surface area contributed by atoms with Crippen molar-refractivity contribution in [2.45, 2.75) is 11.3 Å². The third-order valence-corrected chi connectivity index (χ3v) is 3.51. The van der Waals surface area contributed by atoms with Crippen molar-refractivity contribution in [1.82, 2.24) is 4.72 Å². The second-order valence-corrected chi connectivity index (χ2v) is 4.99. The molecule has 0 saturated heterocycles. The predicted octanol–water partition coefficient (Wildman–Crippen LogP) is -0.874. The molecule has 0 fully saturated rings. The molecule has 0 radical (unpaired) electrons. The molecule has 8 heteroatoms. The largest absolute Gasteiger partial charge is 0.370 e. The Morgan fingerprint density at radius 1 is 1.29 bits per heavy atom. The molecule has 0 unspecified atom stereocenters. The van der Waals surface area contributed by atoms with Gasteiger partial charge in [-0.2, -0.15) is 0 Å². The number of carbonyl (C=O) groups is 1. The van der Waals surface area contributed by atoms with Gasteiger partial charge >= 0.3 is 0 Å². The summed E-state index contributed by atoms with van der Waals surface area (Å²) < 4.78 is 25.9. The highest BCUT2D eigenvalue weighted by atomic mass is 32.2. The first-order valence-corrected chi connectivity index (χ1v) is 6.29. The minimum atomic E-state index is -3.70. The SMILES string of the molecule is NNc1ccccc1S(=O)(=O)NCCC(N)=O. The molecule has 7 nitrogen and oxygen atoms in total. The van der Waals surface area contributed by atoms with Crippen molar-refractivity contribution in [3.8, 4) is 0 Å². The Kier molecular flexibility index (Phi) is 4.44. The summed E-state index contributed by atoms with van der Waals surface area (Å²) in [4.78, 5) is 10.5. The molecule has 0 aliphatic rings. The van der Waals surface area contributed by atoms with E-state index in [4.69, 9.17) is 11.6 Å². The fraction of sp³-hybridized carbons (Fsp3) is 0.222. The molecule has 0 aromatic heterocycles. The van der Waals surface area contributed by atoms with Crippen LogP contribution in [0.1, 0.15) is 6.42 Å². The van der Waals surface area contributed by atoms with Crippen molar-refractivity contribution in [3.63, 3.8) is 0 Å². The number of primary amides is 1. The maximum atomic E-state index is 11.8. The molecule has 0 aliphatic carbocycles. The van der Waals surface area contributed by atoms with E-state index in [2.05, 4.69) is 10.1 Å². The number of sulfonamides is 1. The van der Waals surface area contributed by atoms with Gasteiger partial charge in [0, 0.05) is 13.0 Å². The van der Waals surface area contributed by atoms with Crippen LogP contribution in [0.25, 0.3) is 0 Å². The average molecular weight is 258 g/mol. The van der Waals surface area contributed by atoms with Gasteiger partial charge < -0.3 is 11.2 Å². The number of hydrazine groups is 1. The molecule has 17 heavy (non-hydrogen) atoms. The third-order valence-electron chi connectivity index (χ3n) is 2.00. The maximum absolute atomic E-state index is 11.8. The van der Waals surface area contributed by atoms with Gasteiger partial charge in [0.15, 0.2) is 0 Å². The Hall–Kier alpha value is -1.64. The highest BCUT2D eigenvalue weighted by Crippen LogP contribution is 2.18. The van der Waals surface area contributed by atoms with Gasteiger partial charge in [0.1, 0.15) is 4.90 Å². The summed E-state index contributed by atoms with van der Waals surface area (Å²) in [5.74, 6) is 4.64. The number of nitrogens with two attached hydrogens (primary N) is 2. The molecule has 0 bridgehead atoms. The molecular weight excluding hydrogens is 244 g/mol. The second kappa shape index (κ2) is 5.62. The molecule has 0 saturated carbocycles. The lowest BCUT2D eigenvalue weighted by molar-refractivity contribution is -0.117. The normalized spacial score (nSPS) is 11.1. The minimum absolute atomic E-state index is 0.0203. The van der Waals surface area contributed by atoms with Crippen LogP contribution in [-0.2, 0) is 14.8 Å². The van der Waals surface area contributed by atoms with Crippen molar-refractivity contribution >= 4 is 21.6 Å². The van der Waals surface area contributed by atoms with Crippen molar-refractivity contribution in [2.75, 3.05) is 12.0 Å². The number of para-hydroxylation sites is 1. The Bertz CT molecular complexity index is 501. The topological polar surface area (TPSA) is 127 Å². The number of amides is 1. The summed E-state index contributed by atoms with van der Waals surface area (Å²) in [6.45, 7) is -0.0451. The van der Waals surface area contributed by atoms with Gasteiger partial charge in [-0.25, -0.2) is 13.1 Å². The van der Waals surface area contributed by atoms with Gasteiger partial charge in [-0.3, -0.25) is 10.6 Å². The lowest BCUT2D eigenvalue weighted by Gasteiger charge is -2.10. The molecule has 0 spiro atoms. The standard InChI is InChI=1S/C9H14N4O3S/c10-9(14)5-6-12-17(15,16)8-4-2-1-3-7(8)13-11/h1-4,12-13H,5-6,11H2,(H2,10,14). The molecule has 0 heterocycles. The first kappa shape index (κ1) is 13.4. The van der Waals surface area contributed by atoms with Crippen LogP contribution in [0.5, 0.6) is 0 Å². The minimum Gasteiger partial charge on any atom is -0.370 e. The third kappa shape index (κ3) is 3.70. The highest BCUT2D eigenvalue weighted by Gasteiger charge is 2.17. The quantitative estimate of drug-likeness (QED) is 0.389. The molecule has 1 aromatic rings. The summed E-state index contributed by atoms with van der Waals surface area (Å²) in [7, 11) is -3.70. The average Bonchev–Trinajstić information content (AvgIpc) is 2.28. The number of benzene rings is 1. The monoisotopic (exact) mass is 258 g/mol. The number of carbonyl (C=O) groups excluding carboxylic acids is 1. The summed E-state index contributed by atoms with van der Waals surface area (Å²) in [6, 6.07) is 6.16. The van der Waals surface area contributed by atoms with Gasteiger partial charge in [-0.05, 0) is 12.1 Å². The van der Waals surface area contributed by atoms with Crippen LogP contribution in [0.2, 0.25) is 0 Å². The van der Waals surface area contributed by atoms with Gasteiger partial charge in [0.25, 0.3) is 0 Å². The number of rotatable bonds is 6. The van der Waals surface area contributed by atoms with E-state index in [-0.39, 0.29) is 23.5 Å². The van der Waals surface area contributed by atoms with Crippen molar-refractivity contribution in [1.29, 1.82) is 0 Å². The molecule has 1 amide bonds. The van der Waals surface area contributed by atoms with E-state index in [0.717, 1.165) is 0 Å². The predicted molar refractivity (Wildman–Crippen MR) is 63.3 cm³/mol. The first-order chi connectivity index (χ1) is 7.97. The highest BCUT2D eigenvalue weighted by molar-refractivity contribution is 7.89. The van der Waals surface area contributed by atoms with Crippen LogP contribution in [0.4, 0.5) is 5.69 Å². The number of nitrogens with one attached hydrogen (secondary N) is 2. The van der Waals surface area contributed by atoms with E-state index >= 15 is 0 Å². The fourth-order valence-corrected chi connectivity index (χ4v) is 2.41. The summed E-state index contributed by atoms with van der Waals surface area (Å²) in [6.07, 6.45) is -0.0581. The van der Waals surface area contributed by atoms with Crippen LogP contribution < -0.4 is 21.7 Å². The maximum Gasteiger partial charge on any atom is 0.242 e. The van der Waals surface area contributed by atoms with E-state index < -0.39 is 15.9 Å². The van der Waals surface area contributed by atoms with Gasteiger partial charge in [0.05, 0.1) is 5.69 Å². The van der Waals surface area contributed by atoms with Gasteiger partial charge in [-0.15, -0.1) is 0 Å². The second-order valence-electron chi connectivity index (χ2n) is 3.25. The number of anilines is 1. The van der Waals surface area contributed by atoms with Crippen LogP contribution in [0.3, 0.4) is 0 Å². The molecule has 94 valence electrons. The fourth-order valence-electron chi connectivity index (χ4n) is 1.21. The first-order valence-electron chi connectivity index (χ1n) is 4.81. The number of nitrogen functional groups attached to an aromatic ring is 1. The number of hydrogen-bond donors (Lipinski definition) is 4. The van der Waals surface area contributed by atoms with E-state index in [1.165, 1.54) is 12.1 Å². The summed E-state index contributed by atoms with van der Waals surface area (Å²) in [5.41, 5.74) is 7.48. The molecule has 6 N–H and O–H groups in total. The summed E-state index contributed by atoms with van der Waals surface area (Å²) in [5, 5.41) is 0. The smallest absolute Gasteiger partial charge is 0.242 e. The van der Waals surface area contributed by atoms with E-state index in [1.807, 2.05) is 0 Å². The molecule has 1 aromatic carbocycles. The lowest BCUT2D eigenvalue weighted by atomic mass is 10.3. The van der Waals surface area contributed by atoms with E-state index in [9.17, 15) is 13.2 Å². The van der Waals surface area contributed by atoms with Gasteiger partial charge in [0.2, 0.25) is 15.9 Å². The Morgan fingerprint density at radius 3 is 2.53 bits per heavy atom. The Labute approximate surface area is 99.2 Å². The zero-order valence-electron chi connectivity index (χ0n) is 9.01. The van der Waals surface area contributed by atoms with Crippen molar-refractivity contribution < 1.29 is 13.2 Å². The zero-order valence-corrected chi connectivity index (χ0v) is 9.83. The Morgan fingerprint density at radius 2 is 1.94 bits per heavy atom. The lowest BCUT2D eigenvalue weighted by Crippen LogP contribution is -2.29. The van der Waals surface area contributed by atoms with Crippen molar-refractivity contribution in [3.05, 3.63) is 24.3 Å². The Balaban J connectivity index is 2.86. The van der Waals surface area contributed by atoms with Crippen LogP contribution in [-0.4, -0.2) is 20.9 Å². The molecule has 1 rings (SSSR count). The van der Waals surface area contributed by atoms with Crippen molar-refractivity contribution in [2.24, 2.45) is 11.6 Å². The van der Waals surface area contributed by atoms with E-state index in [0.29, 0.717) is 0 Å². The van der Waals surface area contributed by atoms with Crippen LogP contribution >= 0.6 is 0 Å². The van der Waals surface area contributed by atoms with Crippen LogP contribution in [0.15, 0.2) is 29.2 Å². The van der Waals surface area contributed by atoms with Gasteiger partial charge in [-0.1, -0.05) is 12.1 Å². The number of hydrogen-bond acceptors (Lipinski definition) is 5.